The van der Waals surface area contributed by atoms with Crippen LogP contribution in [0.3, 0.4) is 0 Å². The molecule has 0 saturated carbocycles. The van der Waals surface area contributed by atoms with Gasteiger partial charge in [0, 0.05) is 18.4 Å². The smallest absolute Gasteiger partial charge is 0.338 e. The van der Waals surface area contributed by atoms with Crippen molar-refractivity contribution in [2.24, 2.45) is 0 Å². The van der Waals surface area contributed by atoms with Gasteiger partial charge in [-0.15, -0.1) is 0 Å². The molecule has 7 heteroatoms. The van der Waals surface area contributed by atoms with Crippen LogP contribution < -0.4 is 10.6 Å². The fraction of sp³-hybridized carbons (Fsp3) is 0.182. The van der Waals surface area contributed by atoms with Crippen LogP contribution >= 0.6 is 0 Å². The molecule has 0 aliphatic rings. The van der Waals surface area contributed by atoms with Gasteiger partial charge in [-0.1, -0.05) is 24.3 Å². The van der Waals surface area contributed by atoms with E-state index in [1.54, 1.807) is 37.3 Å². The number of amides is 1. The first-order chi connectivity index (χ1) is 14.1. The van der Waals surface area contributed by atoms with Gasteiger partial charge < -0.3 is 15.4 Å². The average Bonchev–Trinajstić information content (AvgIpc) is 2.74. The lowest BCUT2D eigenvalue weighted by Gasteiger charge is -2.09. The summed E-state index contributed by atoms with van der Waals surface area (Å²) in [7, 11) is 0. The van der Waals surface area contributed by atoms with E-state index in [0.717, 1.165) is 5.56 Å². The highest BCUT2D eigenvalue weighted by molar-refractivity contribution is 6.03. The summed E-state index contributed by atoms with van der Waals surface area (Å²) in [5.41, 5.74) is 3.51. The summed E-state index contributed by atoms with van der Waals surface area (Å²) in [5, 5.41) is 5.90. The monoisotopic (exact) mass is 390 g/mol. The SMILES string of the molecule is CCOC(=O)c1ccc(NC(=O)c2ccnc(NCc3ccccc3C)n2)cc1. The molecule has 3 rings (SSSR count). The number of anilines is 2. The number of ether oxygens (including phenoxy) is 1. The van der Waals surface area contributed by atoms with Gasteiger partial charge in [-0.25, -0.2) is 14.8 Å². The van der Waals surface area contributed by atoms with Crippen molar-refractivity contribution in [3.8, 4) is 0 Å². The van der Waals surface area contributed by atoms with E-state index in [1.807, 2.05) is 31.2 Å². The predicted octanol–water partition coefficient (Wildman–Crippen LogP) is 3.83. The first kappa shape index (κ1) is 20.0. The number of aromatic nitrogens is 2. The zero-order valence-corrected chi connectivity index (χ0v) is 16.3. The van der Waals surface area contributed by atoms with Crippen LogP contribution in [0.25, 0.3) is 0 Å². The van der Waals surface area contributed by atoms with E-state index in [2.05, 4.69) is 20.6 Å². The minimum Gasteiger partial charge on any atom is -0.462 e. The summed E-state index contributed by atoms with van der Waals surface area (Å²) < 4.78 is 4.94. The average molecular weight is 390 g/mol. The molecule has 2 aromatic carbocycles. The first-order valence-electron chi connectivity index (χ1n) is 9.27. The summed E-state index contributed by atoms with van der Waals surface area (Å²) in [6, 6.07) is 16.0. The van der Waals surface area contributed by atoms with Crippen LogP contribution in [0.2, 0.25) is 0 Å². The number of rotatable bonds is 7. The lowest BCUT2D eigenvalue weighted by atomic mass is 10.1. The maximum atomic E-state index is 12.5. The van der Waals surface area contributed by atoms with Crippen LogP contribution in [0.15, 0.2) is 60.8 Å². The molecule has 0 aliphatic carbocycles. The minimum absolute atomic E-state index is 0.238. The first-order valence-corrected chi connectivity index (χ1v) is 9.27. The van der Waals surface area contributed by atoms with Gasteiger partial charge >= 0.3 is 5.97 Å². The summed E-state index contributed by atoms with van der Waals surface area (Å²) in [4.78, 5) is 32.6. The number of nitrogens with zero attached hydrogens (tertiary/aromatic N) is 2. The van der Waals surface area contributed by atoms with Crippen LogP contribution in [0, 0.1) is 6.92 Å². The van der Waals surface area contributed by atoms with Crippen molar-refractivity contribution in [2.45, 2.75) is 20.4 Å². The number of carbonyl (C=O) groups is 2. The van der Waals surface area contributed by atoms with Gasteiger partial charge in [0.05, 0.1) is 12.2 Å². The molecule has 0 atom stereocenters. The Hall–Kier alpha value is -3.74. The molecule has 0 unspecified atom stereocenters. The number of benzene rings is 2. The molecule has 0 radical (unpaired) electrons. The molecule has 7 nitrogen and oxygen atoms in total. The Morgan fingerprint density at radius 2 is 1.79 bits per heavy atom. The molecule has 29 heavy (non-hydrogen) atoms. The molecule has 2 N–H and O–H groups in total. The second-order valence-corrected chi connectivity index (χ2v) is 6.30. The van der Waals surface area contributed by atoms with E-state index in [1.165, 1.54) is 11.8 Å². The normalized spacial score (nSPS) is 10.3. The van der Waals surface area contributed by atoms with E-state index in [4.69, 9.17) is 4.74 Å². The lowest BCUT2D eigenvalue weighted by molar-refractivity contribution is 0.0526. The van der Waals surface area contributed by atoms with Crippen LogP contribution in [0.5, 0.6) is 0 Å². The molecule has 148 valence electrons. The number of hydrogen-bond acceptors (Lipinski definition) is 6. The van der Waals surface area contributed by atoms with E-state index < -0.39 is 5.97 Å². The van der Waals surface area contributed by atoms with Gasteiger partial charge in [0.2, 0.25) is 5.95 Å². The zero-order chi connectivity index (χ0) is 20.6. The fourth-order valence-electron chi connectivity index (χ4n) is 2.65. The van der Waals surface area contributed by atoms with Gasteiger partial charge in [-0.2, -0.15) is 0 Å². The van der Waals surface area contributed by atoms with Crippen molar-refractivity contribution in [2.75, 3.05) is 17.2 Å². The standard InChI is InChI=1S/C22H22N4O3/c1-3-29-21(28)16-8-10-18(11-9-16)25-20(27)19-12-13-23-22(26-19)24-14-17-7-5-4-6-15(17)2/h4-13H,3,14H2,1-2H3,(H,25,27)(H,23,24,26). The Balaban J connectivity index is 1.63. The third-order valence-corrected chi connectivity index (χ3v) is 4.24. The highest BCUT2D eigenvalue weighted by atomic mass is 16.5. The van der Waals surface area contributed by atoms with Crippen LogP contribution in [0.1, 0.15) is 38.9 Å². The molecule has 0 spiro atoms. The Labute approximate surface area is 169 Å². The van der Waals surface area contributed by atoms with Crippen LogP contribution in [0.4, 0.5) is 11.6 Å². The van der Waals surface area contributed by atoms with Crippen molar-refractivity contribution in [1.82, 2.24) is 9.97 Å². The Morgan fingerprint density at radius 1 is 1.03 bits per heavy atom. The number of carbonyl (C=O) groups excluding carboxylic acids is 2. The molecule has 1 aromatic heterocycles. The maximum absolute atomic E-state index is 12.5. The molecule has 0 fully saturated rings. The second-order valence-electron chi connectivity index (χ2n) is 6.30. The number of esters is 1. The van der Waals surface area contributed by atoms with Gasteiger partial charge in [0.15, 0.2) is 0 Å². The quantitative estimate of drug-likeness (QED) is 0.596. The van der Waals surface area contributed by atoms with Crippen molar-refractivity contribution < 1.29 is 14.3 Å². The lowest BCUT2D eigenvalue weighted by Crippen LogP contribution is -2.15. The summed E-state index contributed by atoms with van der Waals surface area (Å²) in [5.74, 6) is -0.390. The maximum Gasteiger partial charge on any atom is 0.338 e. The number of hydrogen-bond donors (Lipinski definition) is 2. The molecular weight excluding hydrogens is 368 g/mol. The molecule has 3 aromatic rings. The number of aryl methyl sites for hydroxylation is 1. The Morgan fingerprint density at radius 3 is 2.52 bits per heavy atom. The summed E-state index contributed by atoms with van der Waals surface area (Å²) >= 11 is 0. The molecule has 1 heterocycles. The summed E-state index contributed by atoms with van der Waals surface area (Å²) in [6.07, 6.45) is 1.53. The van der Waals surface area contributed by atoms with Gasteiger partial charge in [0.25, 0.3) is 5.91 Å². The number of nitrogens with one attached hydrogen (secondary N) is 2. The summed E-state index contributed by atoms with van der Waals surface area (Å²) in [6.45, 7) is 4.66. The molecule has 0 saturated heterocycles. The van der Waals surface area contributed by atoms with E-state index in [9.17, 15) is 9.59 Å². The van der Waals surface area contributed by atoms with Crippen molar-refractivity contribution in [3.05, 3.63) is 83.2 Å². The van der Waals surface area contributed by atoms with Crippen molar-refractivity contribution >= 4 is 23.5 Å². The fourth-order valence-corrected chi connectivity index (χ4v) is 2.65. The predicted molar refractivity (Wildman–Crippen MR) is 111 cm³/mol. The topological polar surface area (TPSA) is 93.2 Å². The van der Waals surface area contributed by atoms with Gasteiger partial charge in [0.1, 0.15) is 5.69 Å². The van der Waals surface area contributed by atoms with E-state index in [0.29, 0.717) is 30.4 Å². The van der Waals surface area contributed by atoms with Crippen LogP contribution in [-0.2, 0) is 11.3 Å². The molecular formula is C22H22N4O3. The highest BCUT2D eigenvalue weighted by Crippen LogP contribution is 2.13. The molecule has 0 bridgehead atoms. The van der Waals surface area contributed by atoms with Gasteiger partial charge in [-0.3, -0.25) is 4.79 Å². The molecule has 0 aliphatic heterocycles. The largest absolute Gasteiger partial charge is 0.462 e. The van der Waals surface area contributed by atoms with E-state index >= 15 is 0 Å². The Bertz CT molecular complexity index is 1000. The zero-order valence-electron chi connectivity index (χ0n) is 16.3. The van der Waals surface area contributed by atoms with E-state index in [-0.39, 0.29) is 11.6 Å². The highest BCUT2D eigenvalue weighted by Gasteiger charge is 2.11. The van der Waals surface area contributed by atoms with Crippen LogP contribution in [-0.4, -0.2) is 28.5 Å². The van der Waals surface area contributed by atoms with Gasteiger partial charge in [-0.05, 0) is 55.3 Å². The minimum atomic E-state index is -0.398. The van der Waals surface area contributed by atoms with Crippen molar-refractivity contribution in [3.63, 3.8) is 0 Å². The second kappa shape index (κ2) is 9.45. The Kier molecular flexibility index (Phi) is 6.52. The third-order valence-electron chi connectivity index (χ3n) is 4.24. The van der Waals surface area contributed by atoms with Crippen molar-refractivity contribution in [1.29, 1.82) is 0 Å². The molecule has 1 amide bonds. The third kappa shape index (κ3) is 5.38.